The summed E-state index contributed by atoms with van der Waals surface area (Å²) in [5.74, 6) is 1.23. The van der Waals surface area contributed by atoms with Crippen LogP contribution in [0.25, 0.3) is 11.3 Å². The summed E-state index contributed by atoms with van der Waals surface area (Å²) in [7, 11) is 1.82. The lowest BCUT2D eigenvalue weighted by Crippen LogP contribution is -2.44. The second kappa shape index (κ2) is 9.35. The minimum atomic E-state index is -0.242. The molecule has 1 saturated carbocycles. The van der Waals surface area contributed by atoms with Crippen molar-refractivity contribution in [2.75, 3.05) is 32.8 Å². The molecule has 2 aliphatic heterocycles. The molecule has 3 heterocycles. The molecule has 1 aromatic heterocycles. The molecule has 1 saturated heterocycles. The van der Waals surface area contributed by atoms with Gasteiger partial charge in [0, 0.05) is 49.5 Å². The summed E-state index contributed by atoms with van der Waals surface area (Å²) in [5, 5.41) is 8.15. The number of rotatable bonds is 7. The van der Waals surface area contributed by atoms with E-state index in [0.29, 0.717) is 54.6 Å². The second-order valence-corrected chi connectivity index (χ2v) is 9.65. The van der Waals surface area contributed by atoms with Gasteiger partial charge in [-0.2, -0.15) is 5.10 Å². The van der Waals surface area contributed by atoms with E-state index in [1.807, 2.05) is 19.2 Å². The molecule has 0 bridgehead atoms. The van der Waals surface area contributed by atoms with Crippen LogP contribution in [0.1, 0.15) is 41.7 Å². The van der Waals surface area contributed by atoms with Crippen LogP contribution in [0, 0.1) is 11.8 Å². The summed E-state index contributed by atoms with van der Waals surface area (Å²) in [6.07, 6.45) is 4.08. The molecule has 1 N–H and O–H groups in total. The topological polar surface area (TPSA) is 85.7 Å². The minimum absolute atomic E-state index is 0.0253. The van der Waals surface area contributed by atoms with Crippen LogP contribution in [0.4, 0.5) is 0 Å². The van der Waals surface area contributed by atoms with Crippen molar-refractivity contribution in [1.82, 2.24) is 20.0 Å². The van der Waals surface area contributed by atoms with Gasteiger partial charge in [-0.05, 0) is 55.7 Å². The molecule has 1 aromatic carbocycles. The molecule has 0 unspecified atom stereocenters. The SMILES string of the molecule is Cn1nc(C(=O)N(CC(=O)NCC2CC2)CC2CCOCC2)c2c1-c1cc(Cl)ccc1OC2. The fraction of sp³-hybridized carbons (Fsp3) is 0.542. The molecule has 3 aliphatic rings. The monoisotopic (exact) mass is 472 g/mol. The van der Waals surface area contributed by atoms with E-state index in [1.165, 1.54) is 0 Å². The Morgan fingerprint density at radius 3 is 2.76 bits per heavy atom. The highest BCUT2D eigenvalue weighted by atomic mass is 35.5. The van der Waals surface area contributed by atoms with Gasteiger partial charge in [0.05, 0.1) is 12.2 Å². The molecule has 2 aromatic rings. The number of benzene rings is 1. The molecule has 0 spiro atoms. The third-order valence-electron chi connectivity index (χ3n) is 6.64. The Morgan fingerprint density at radius 2 is 2.00 bits per heavy atom. The zero-order valence-corrected chi connectivity index (χ0v) is 19.6. The Labute approximate surface area is 198 Å². The van der Waals surface area contributed by atoms with Gasteiger partial charge in [-0.15, -0.1) is 0 Å². The summed E-state index contributed by atoms with van der Waals surface area (Å²) in [5.41, 5.74) is 2.70. The number of fused-ring (bicyclic) bond motifs is 3. The van der Waals surface area contributed by atoms with Crippen molar-refractivity contribution in [2.45, 2.75) is 32.3 Å². The quantitative estimate of drug-likeness (QED) is 0.669. The van der Waals surface area contributed by atoms with Crippen molar-refractivity contribution < 1.29 is 19.1 Å². The van der Waals surface area contributed by atoms with Crippen LogP contribution in [0.5, 0.6) is 5.75 Å². The van der Waals surface area contributed by atoms with Gasteiger partial charge >= 0.3 is 0 Å². The molecule has 5 rings (SSSR count). The van der Waals surface area contributed by atoms with E-state index in [2.05, 4.69) is 10.4 Å². The molecular weight excluding hydrogens is 444 g/mol. The van der Waals surface area contributed by atoms with Crippen molar-refractivity contribution in [3.63, 3.8) is 0 Å². The maximum Gasteiger partial charge on any atom is 0.275 e. The number of nitrogens with one attached hydrogen (secondary N) is 1. The third kappa shape index (κ3) is 4.87. The highest BCUT2D eigenvalue weighted by molar-refractivity contribution is 6.31. The van der Waals surface area contributed by atoms with E-state index in [1.54, 1.807) is 15.6 Å². The standard InChI is InChI=1S/C24H29ClN4O4/c1-28-23-18-10-17(25)4-5-20(18)33-14-19(23)22(27-28)24(31)29(12-16-6-8-32-9-7-16)13-21(30)26-11-15-2-3-15/h4-5,10,15-16H,2-3,6-9,11-14H2,1H3,(H,26,30). The summed E-state index contributed by atoms with van der Waals surface area (Å²) >= 11 is 6.22. The van der Waals surface area contributed by atoms with Gasteiger partial charge in [0.2, 0.25) is 5.91 Å². The van der Waals surface area contributed by atoms with E-state index in [-0.39, 0.29) is 25.0 Å². The summed E-state index contributed by atoms with van der Waals surface area (Å²) < 4.78 is 13.1. The normalized spacial score (nSPS) is 17.6. The lowest BCUT2D eigenvalue weighted by atomic mass is 9.98. The lowest BCUT2D eigenvalue weighted by Gasteiger charge is -2.29. The number of hydrogen-bond donors (Lipinski definition) is 1. The molecule has 2 amide bonds. The number of nitrogens with zero attached hydrogens (tertiary/aromatic N) is 3. The zero-order chi connectivity index (χ0) is 22.9. The number of carbonyl (C=O) groups excluding carboxylic acids is 2. The first-order chi connectivity index (χ1) is 16.0. The fourth-order valence-electron chi connectivity index (χ4n) is 4.60. The molecule has 0 radical (unpaired) electrons. The van der Waals surface area contributed by atoms with Gasteiger partial charge in [-0.25, -0.2) is 0 Å². The first kappa shape index (κ1) is 22.2. The first-order valence-corrected chi connectivity index (χ1v) is 12.0. The highest BCUT2D eigenvalue weighted by Crippen LogP contribution is 2.40. The Hall–Kier alpha value is -2.58. The van der Waals surface area contributed by atoms with E-state index in [9.17, 15) is 9.59 Å². The average molecular weight is 473 g/mol. The van der Waals surface area contributed by atoms with Crippen LogP contribution < -0.4 is 10.1 Å². The zero-order valence-electron chi connectivity index (χ0n) is 18.8. The Balaban J connectivity index is 1.41. The van der Waals surface area contributed by atoms with Crippen LogP contribution in [0.2, 0.25) is 5.02 Å². The van der Waals surface area contributed by atoms with E-state index in [0.717, 1.165) is 42.5 Å². The van der Waals surface area contributed by atoms with E-state index < -0.39 is 0 Å². The number of halogens is 1. The predicted molar refractivity (Wildman–Crippen MR) is 123 cm³/mol. The fourth-order valence-corrected chi connectivity index (χ4v) is 4.77. The summed E-state index contributed by atoms with van der Waals surface area (Å²) in [4.78, 5) is 28.0. The van der Waals surface area contributed by atoms with Crippen molar-refractivity contribution in [3.8, 4) is 17.0 Å². The van der Waals surface area contributed by atoms with Gasteiger partial charge in [-0.3, -0.25) is 14.3 Å². The van der Waals surface area contributed by atoms with E-state index in [4.69, 9.17) is 21.1 Å². The maximum atomic E-state index is 13.7. The number of ether oxygens (including phenoxy) is 2. The summed E-state index contributed by atoms with van der Waals surface area (Å²) in [6.45, 7) is 2.83. The van der Waals surface area contributed by atoms with Gasteiger partial charge in [-0.1, -0.05) is 11.6 Å². The number of carbonyl (C=O) groups is 2. The van der Waals surface area contributed by atoms with Crippen molar-refractivity contribution in [2.24, 2.45) is 18.9 Å². The third-order valence-corrected chi connectivity index (χ3v) is 6.88. The van der Waals surface area contributed by atoms with Crippen LogP contribution in [0.3, 0.4) is 0 Å². The Bertz CT molecular complexity index is 1060. The molecule has 8 nitrogen and oxygen atoms in total. The van der Waals surface area contributed by atoms with Gasteiger partial charge in [0.25, 0.3) is 5.91 Å². The second-order valence-electron chi connectivity index (χ2n) is 9.22. The molecule has 2 fully saturated rings. The van der Waals surface area contributed by atoms with Crippen molar-refractivity contribution >= 4 is 23.4 Å². The molecule has 0 atom stereocenters. The molecule has 9 heteroatoms. The number of hydrogen-bond acceptors (Lipinski definition) is 5. The Kier molecular flexibility index (Phi) is 6.29. The Morgan fingerprint density at radius 1 is 1.21 bits per heavy atom. The maximum absolute atomic E-state index is 13.7. The van der Waals surface area contributed by atoms with Gasteiger partial charge < -0.3 is 19.7 Å². The highest BCUT2D eigenvalue weighted by Gasteiger charge is 2.33. The smallest absolute Gasteiger partial charge is 0.275 e. The molecule has 176 valence electrons. The van der Waals surface area contributed by atoms with Crippen LogP contribution in [-0.4, -0.2) is 59.3 Å². The first-order valence-electron chi connectivity index (χ1n) is 11.6. The van der Waals surface area contributed by atoms with Crippen molar-refractivity contribution in [1.29, 1.82) is 0 Å². The van der Waals surface area contributed by atoms with Gasteiger partial charge in [0.15, 0.2) is 5.69 Å². The van der Waals surface area contributed by atoms with Crippen LogP contribution in [0.15, 0.2) is 18.2 Å². The van der Waals surface area contributed by atoms with Crippen molar-refractivity contribution in [3.05, 3.63) is 34.5 Å². The lowest BCUT2D eigenvalue weighted by molar-refractivity contribution is -0.122. The molecule has 33 heavy (non-hydrogen) atoms. The van der Waals surface area contributed by atoms with Crippen LogP contribution >= 0.6 is 11.6 Å². The summed E-state index contributed by atoms with van der Waals surface area (Å²) in [6, 6.07) is 5.44. The van der Waals surface area contributed by atoms with E-state index >= 15 is 0 Å². The molecule has 1 aliphatic carbocycles. The van der Waals surface area contributed by atoms with Gasteiger partial charge in [0.1, 0.15) is 12.4 Å². The average Bonchev–Trinajstić information content (AvgIpc) is 3.59. The predicted octanol–water partition coefficient (Wildman–Crippen LogP) is 3.03. The molecular formula is C24H29ClN4O4. The number of aromatic nitrogens is 2. The number of amides is 2. The van der Waals surface area contributed by atoms with Crippen LogP contribution in [-0.2, 0) is 23.2 Å². The number of aryl methyl sites for hydroxylation is 1. The largest absolute Gasteiger partial charge is 0.488 e. The minimum Gasteiger partial charge on any atom is -0.488 e.